The number of ether oxygens (including phenoxy) is 1. The van der Waals surface area contributed by atoms with Crippen LogP contribution in [0.15, 0.2) is 53.2 Å². The number of methoxy groups -OCH3 is 1. The lowest BCUT2D eigenvalue weighted by Crippen LogP contribution is -2.20. The first-order valence-corrected chi connectivity index (χ1v) is 10.6. The third-order valence-corrected chi connectivity index (χ3v) is 5.92. The molecule has 1 saturated heterocycles. The van der Waals surface area contributed by atoms with Crippen LogP contribution < -0.4 is 15.4 Å². The Morgan fingerprint density at radius 3 is 2.82 bits per heavy atom. The molecule has 5 rings (SSSR count). The third kappa shape index (κ3) is 3.69. The van der Waals surface area contributed by atoms with Gasteiger partial charge in [-0.2, -0.15) is 5.26 Å². The Hall–Kier alpha value is -4.45. The van der Waals surface area contributed by atoms with Crippen LogP contribution in [0.3, 0.4) is 0 Å². The number of hydrogen-bond acceptors (Lipinski definition) is 7. The SMILES string of the molecule is COc1cc(C(N)=O)ncc1-c1cc2nccc(-c3ccc(N4CCC(F)C4)c(C#N)c3)c2o1. The van der Waals surface area contributed by atoms with Crippen LogP contribution in [0.4, 0.5) is 10.1 Å². The lowest BCUT2D eigenvalue weighted by molar-refractivity contribution is 0.0995. The van der Waals surface area contributed by atoms with Gasteiger partial charge in [-0.1, -0.05) is 6.07 Å². The molecule has 170 valence electrons. The predicted molar refractivity (Wildman–Crippen MR) is 124 cm³/mol. The molecule has 4 aromatic rings. The lowest BCUT2D eigenvalue weighted by atomic mass is 10.0. The summed E-state index contributed by atoms with van der Waals surface area (Å²) in [7, 11) is 1.48. The molecule has 8 nitrogen and oxygen atoms in total. The van der Waals surface area contributed by atoms with Crippen molar-refractivity contribution < 1.29 is 18.3 Å². The number of amides is 1. The van der Waals surface area contributed by atoms with Crippen molar-refractivity contribution in [2.24, 2.45) is 5.73 Å². The van der Waals surface area contributed by atoms with E-state index >= 15 is 0 Å². The number of nitrogens with zero attached hydrogens (tertiary/aromatic N) is 4. The maximum Gasteiger partial charge on any atom is 0.267 e. The van der Waals surface area contributed by atoms with Gasteiger partial charge in [0, 0.05) is 43.2 Å². The molecule has 2 N–H and O–H groups in total. The van der Waals surface area contributed by atoms with Gasteiger partial charge in [-0.15, -0.1) is 0 Å². The zero-order valence-electron chi connectivity index (χ0n) is 18.3. The van der Waals surface area contributed by atoms with Gasteiger partial charge in [-0.05, 0) is 30.2 Å². The fraction of sp³-hybridized carbons (Fsp3) is 0.200. The summed E-state index contributed by atoms with van der Waals surface area (Å²) in [4.78, 5) is 21.8. The molecular formula is C25H20FN5O3. The Labute approximate surface area is 194 Å². The van der Waals surface area contributed by atoms with E-state index in [-0.39, 0.29) is 5.69 Å². The summed E-state index contributed by atoms with van der Waals surface area (Å²) in [6, 6.07) is 12.8. The molecule has 0 spiro atoms. The number of primary amides is 1. The number of nitriles is 1. The number of rotatable bonds is 5. The molecular weight excluding hydrogens is 437 g/mol. The molecule has 1 aliphatic heterocycles. The summed E-state index contributed by atoms with van der Waals surface area (Å²) >= 11 is 0. The first-order valence-electron chi connectivity index (χ1n) is 10.6. The van der Waals surface area contributed by atoms with Gasteiger partial charge < -0.3 is 19.8 Å². The second kappa shape index (κ2) is 8.48. The van der Waals surface area contributed by atoms with Gasteiger partial charge >= 0.3 is 0 Å². The number of carbonyl (C=O) groups excluding carboxylic acids is 1. The van der Waals surface area contributed by atoms with E-state index in [2.05, 4.69) is 16.0 Å². The van der Waals surface area contributed by atoms with Crippen LogP contribution in [-0.4, -0.2) is 42.2 Å². The van der Waals surface area contributed by atoms with Gasteiger partial charge in [0.25, 0.3) is 5.91 Å². The van der Waals surface area contributed by atoms with Crippen LogP contribution in [0.2, 0.25) is 0 Å². The number of alkyl halides is 1. The highest BCUT2D eigenvalue weighted by Crippen LogP contribution is 2.38. The molecule has 1 aromatic carbocycles. The van der Waals surface area contributed by atoms with Crippen molar-refractivity contribution in [3.05, 3.63) is 60.0 Å². The molecule has 0 bridgehead atoms. The number of nitrogens with two attached hydrogens (primary N) is 1. The van der Waals surface area contributed by atoms with E-state index in [1.54, 1.807) is 18.3 Å². The van der Waals surface area contributed by atoms with Crippen molar-refractivity contribution in [1.82, 2.24) is 9.97 Å². The molecule has 1 unspecified atom stereocenters. The van der Waals surface area contributed by atoms with Gasteiger partial charge in [0.2, 0.25) is 0 Å². The number of anilines is 1. The summed E-state index contributed by atoms with van der Waals surface area (Å²) in [6.07, 6.45) is 2.71. The number of benzene rings is 1. The summed E-state index contributed by atoms with van der Waals surface area (Å²) in [5.41, 5.74) is 9.80. The summed E-state index contributed by atoms with van der Waals surface area (Å²) < 4.78 is 25.3. The zero-order valence-corrected chi connectivity index (χ0v) is 18.3. The van der Waals surface area contributed by atoms with Crippen LogP contribution in [-0.2, 0) is 0 Å². The quantitative estimate of drug-likeness (QED) is 0.480. The topological polar surface area (TPSA) is 118 Å². The molecule has 9 heteroatoms. The van der Waals surface area contributed by atoms with Crippen molar-refractivity contribution in [3.8, 4) is 34.3 Å². The normalized spacial score (nSPS) is 15.4. The van der Waals surface area contributed by atoms with E-state index < -0.39 is 12.1 Å². The smallest absolute Gasteiger partial charge is 0.267 e. The van der Waals surface area contributed by atoms with E-state index in [0.717, 1.165) is 16.8 Å². The van der Waals surface area contributed by atoms with E-state index in [1.807, 2.05) is 23.1 Å². The number of fused-ring (bicyclic) bond motifs is 1. The van der Waals surface area contributed by atoms with E-state index in [9.17, 15) is 14.4 Å². The van der Waals surface area contributed by atoms with Crippen LogP contribution >= 0.6 is 0 Å². The monoisotopic (exact) mass is 457 g/mol. The molecule has 3 aromatic heterocycles. The van der Waals surface area contributed by atoms with Gasteiger partial charge in [0.1, 0.15) is 35.0 Å². The highest BCUT2D eigenvalue weighted by molar-refractivity contribution is 5.94. The Bertz CT molecular complexity index is 1460. The Morgan fingerprint density at radius 1 is 1.26 bits per heavy atom. The Balaban J connectivity index is 1.58. The number of carbonyl (C=O) groups is 1. The minimum Gasteiger partial charge on any atom is -0.496 e. The fourth-order valence-electron chi connectivity index (χ4n) is 4.23. The number of aromatic nitrogens is 2. The van der Waals surface area contributed by atoms with Gasteiger partial charge in [0.05, 0.1) is 23.9 Å². The summed E-state index contributed by atoms with van der Waals surface area (Å²) in [5, 5.41) is 9.74. The second-order valence-electron chi connectivity index (χ2n) is 7.99. The van der Waals surface area contributed by atoms with Crippen molar-refractivity contribution in [3.63, 3.8) is 0 Å². The Kier molecular flexibility index (Phi) is 5.34. The standard InChI is InChI=1S/C25H20FN5O3/c1-33-22-10-20(25(28)32)30-12-18(22)23-9-19-24(34-23)17(4-6-29-19)14-2-3-21(15(8-14)11-27)31-7-5-16(26)13-31/h2-4,6,8-10,12,16H,5,7,13H2,1H3,(H2,28,32). The average Bonchev–Trinajstić information content (AvgIpc) is 3.49. The molecule has 1 aliphatic rings. The van der Waals surface area contributed by atoms with E-state index in [1.165, 1.54) is 19.4 Å². The summed E-state index contributed by atoms with van der Waals surface area (Å²) in [5.74, 6) is 0.182. The molecule has 0 radical (unpaired) electrons. The van der Waals surface area contributed by atoms with Crippen molar-refractivity contribution in [2.75, 3.05) is 25.1 Å². The van der Waals surface area contributed by atoms with Gasteiger partial charge in [0.15, 0.2) is 5.58 Å². The average molecular weight is 457 g/mol. The molecule has 34 heavy (non-hydrogen) atoms. The summed E-state index contributed by atoms with van der Waals surface area (Å²) in [6.45, 7) is 0.875. The predicted octanol–water partition coefficient (Wildman–Crippen LogP) is 4.08. The van der Waals surface area contributed by atoms with Crippen molar-refractivity contribution in [2.45, 2.75) is 12.6 Å². The minimum absolute atomic E-state index is 0.0803. The van der Waals surface area contributed by atoms with Crippen molar-refractivity contribution in [1.29, 1.82) is 5.26 Å². The number of hydrogen-bond donors (Lipinski definition) is 1. The largest absolute Gasteiger partial charge is 0.496 e. The third-order valence-electron chi connectivity index (χ3n) is 5.92. The van der Waals surface area contributed by atoms with E-state index in [0.29, 0.717) is 53.2 Å². The van der Waals surface area contributed by atoms with Gasteiger partial charge in [-0.3, -0.25) is 14.8 Å². The zero-order chi connectivity index (χ0) is 23.8. The number of furan rings is 1. The molecule has 0 aliphatic carbocycles. The van der Waals surface area contributed by atoms with Crippen LogP contribution in [0, 0.1) is 11.3 Å². The van der Waals surface area contributed by atoms with Gasteiger partial charge in [-0.25, -0.2) is 4.39 Å². The second-order valence-corrected chi connectivity index (χ2v) is 7.99. The molecule has 1 fully saturated rings. The Morgan fingerprint density at radius 2 is 2.12 bits per heavy atom. The fourth-order valence-corrected chi connectivity index (χ4v) is 4.23. The van der Waals surface area contributed by atoms with Crippen molar-refractivity contribution >= 4 is 22.7 Å². The number of halogens is 1. The van der Waals surface area contributed by atoms with Crippen LogP contribution in [0.25, 0.3) is 33.6 Å². The first-order chi connectivity index (χ1) is 16.5. The highest BCUT2D eigenvalue weighted by Gasteiger charge is 2.24. The molecule has 1 amide bonds. The molecule has 0 saturated carbocycles. The minimum atomic E-state index is -0.879. The highest BCUT2D eigenvalue weighted by atomic mass is 19.1. The van der Waals surface area contributed by atoms with Crippen LogP contribution in [0.5, 0.6) is 5.75 Å². The maximum atomic E-state index is 13.7. The first kappa shape index (κ1) is 21.4. The molecule has 4 heterocycles. The molecule has 1 atom stereocenters. The number of pyridine rings is 2. The van der Waals surface area contributed by atoms with Crippen LogP contribution in [0.1, 0.15) is 22.5 Å². The lowest BCUT2D eigenvalue weighted by Gasteiger charge is -2.19. The van der Waals surface area contributed by atoms with E-state index in [4.69, 9.17) is 14.9 Å². The maximum absolute atomic E-state index is 13.7.